The number of H-pyrrole nitrogens is 1. The van der Waals surface area contributed by atoms with Crippen molar-refractivity contribution in [2.24, 2.45) is 0 Å². The van der Waals surface area contributed by atoms with E-state index in [9.17, 15) is 10.1 Å². The van der Waals surface area contributed by atoms with Gasteiger partial charge in [-0.2, -0.15) is 0 Å². The molecule has 1 unspecified atom stereocenters. The number of aromatic nitrogens is 1. The minimum atomic E-state index is -0.389. The summed E-state index contributed by atoms with van der Waals surface area (Å²) in [6.45, 7) is 2.03. The maximum atomic E-state index is 11.2. The molecule has 0 aliphatic rings. The van der Waals surface area contributed by atoms with Crippen LogP contribution in [0.2, 0.25) is 0 Å². The number of aromatic amines is 1. The molecule has 0 aliphatic heterocycles. The molecule has 0 radical (unpaired) electrons. The van der Waals surface area contributed by atoms with Gasteiger partial charge in [0.05, 0.1) is 18.1 Å². The van der Waals surface area contributed by atoms with E-state index in [4.69, 9.17) is 4.74 Å². The number of fused-ring (bicyclic) bond motifs is 1. The van der Waals surface area contributed by atoms with Crippen LogP contribution in [0.1, 0.15) is 22.9 Å². The lowest BCUT2D eigenvalue weighted by atomic mass is 9.95. The zero-order valence-electron chi connectivity index (χ0n) is 16.2. The quantitative estimate of drug-likeness (QED) is 0.334. The number of non-ortho nitro benzene ring substituents is 1. The molecule has 0 spiro atoms. The fourth-order valence-corrected chi connectivity index (χ4v) is 3.76. The van der Waals surface area contributed by atoms with Crippen molar-refractivity contribution < 1.29 is 9.66 Å². The van der Waals surface area contributed by atoms with E-state index in [-0.39, 0.29) is 16.7 Å². The first-order valence-corrected chi connectivity index (χ1v) is 9.29. The molecule has 1 aromatic heterocycles. The molecule has 29 heavy (non-hydrogen) atoms. The third kappa shape index (κ3) is 3.52. The molecular weight excluding hydrogens is 366 g/mol. The van der Waals surface area contributed by atoms with E-state index >= 15 is 0 Å². The fourth-order valence-electron chi connectivity index (χ4n) is 3.76. The molecule has 0 bridgehead atoms. The summed E-state index contributed by atoms with van der Waals surface area (Å²) in [6.07, 6.45) is 0. The van der Waals surface area contributed by atoms with E-state index < -0.39 is 0 Å². The Morgan fingerprint density at radius 1 is 1.03 bits per heavy atom. The number of benzene rings is 3. The van der Waals surface area contributed by atoms with Crippen molar-refractivity contribution in [3.05, 3.63) is 99.7 Å². The first-order valence-electron chi connectivity index (χ1n) is 9.29. The molecule has 1 heterocycles. The van der Waals surface area contributed by atoms with Crippen molar-refractivity contribution in [3.8, 4) is 5.75 Å². The molecule has 4 aromatic rings. The highest BCUT2D eigenvalue weighted by molar-refractivity contribution is 5.86. The molecule has 0 aliphatic carbocycles. The Labute approximate surface area is 168 Å². The minimum absolute atomic E-state index is 0.0458. The average molecular weight is 387 g/mol. The predicted octanol–water partition coefficient (Wildman–Crippen LogP) is 5.59. The number of nitrogens with one attached hydrogen (secondary N) is 2. The van der Waals surface area contributed by atoms with Crippen molar-refractivity contribution in [2.45, 2.75) is 13.0 Å². The summed E-state index contributed by atoms with van der Waals surface area (Å²) in [7, 11) is 1.64. The Morgan fingerprint density at radius 2 is 1.79 bits per heavy atom. The van der Waals surface area contributed by atoms with Gasteiger partial charge in [0.2, 0.25) is 0 Å². The molecule has 0 saturated heterocycles. The largest absolute Gasteiger partial charge is 0.496 e. The molecule has 1 atom stereocenters. The van der Waals surface area contributed by atoms with Crippen LogP contribution in [0.25, 0.3) is 10.9 Å². The maximum Gasteiger partial charge on any atom is 0.271 e. The summed E-state index contributed by atoms with van der Waals surface area (Å²) >= 11 is 0. The van der Waals surface area contributed by atoms with Gasteiger partial charge in [-0.1, -0.05) is 42.5 Å². The molecule has 3 aromatic carbocycles. The highest BCUT2D eigenvalue weighted by atomic mass is 16.6. The van der Waals surface area contributed by atoms with Gasteiger partial charge in [0, 0.05) is 45.5 Å². The summed E-state index contributed by atoms with van der Waals surface area (Å²) in [5.41, 5.74) is 4.82. The number of methoxy groups -OCH3 is 1. The molecule has 6 heteroatoms. The number of hydrogen-bond donors (Lipinski definition) is 2. The summed E-state index contributed by atoms with van der Waals surface area (Å²) in [4.78, 5) is 14.3. The van der Waals surface area contributed by atoms with Gasteiger partial charge in [-0.3, -0.25) is 10.1 Å². The number of aryl methyl sites for hydroxylation is 1. The van der Waals surface area contributed by atoms with E-state index in [1.807, 2.05) is 55.5 Å². The van der Waals surface area contributed by atoms with Crippen LogP contribution in [0.4, 0.5) is 11.4 Å². The Hall–Kier alpha value is -3.80. The van der Waals surface area contributed by atoms with E-state index in [2.05, 4.69) is 16.4 Å². The van der Waals surface area contributed by atoms with Crippen LogP contribution in [0.3, 0.4) is 0 Å². The summed E-state index contributed by atoms with van der Waals surface area (Å²) in [5, 5.41) is 15.8. The van der Waals surface area contributed by atoms with Gasteiger partial charge in [0.15, 0.2) is 0 Å². The van der Waals surface area contributed by atoms with E-state index in [1.165, 1.54) is 6.07 Å². The molecule has 0 fully saturated rings. The van der Waals surface area contributed by atoms with Crippen LogP contribution in [0, 0.1) is 17.0 Å². The van der Waals surface area contributed by atoms with Gasteiger partial charge >= 0.3 is 0 Å². The topological polar surface area (TPSA) is 80.2 Å². The number of ether oxygens (including phenoxy) is 1. The third-order valence-corrected chi connectivity index (χ3v) is 5.05. The van der Waals surface area contributed by atoms with Gasteiger partial charge in [-0.05, 0) is 25.1 Å². The number of anilines is 1. The fraction of sp³-hybridized carbons (Fsp3) is 0.130. The second-order valence-electron chi connectivity index (χ2n) is 6.84. The average Bonchev–Trinajstić information content (AvgIpc) is 3.08. The number of nitrogens with zero attached hydrogens (tertiary/aromatic N) is 1. The Morgan fingerprint density at radius 3 is 2.59 bits per heavy atom. The van der Waals surface area contributed by atoms with Gasteiger partial charge in [0.1, 0.15) is 5.75 Å². The molecule has 6 nitrogen and oxygen atoms in total. The number of nitro benzene ring substituents is 1. The first-order chi connectivity index (χ1) is 14.1. The lowest BCUT2D eigenvalue weighted by Gasteiger charge is -2.23. The standard InChI is InChI=1S/C23H21N3O3/c1-15-22(18-10-3-5-12-20(18)24-15)23(19-11-4-6-13-21(19)29-2)25-16-8-7-9-17(14-16)26(27)28/h3-14,23-25H,1-2H3. The Bertz CT molecular complexity index is 1180. The predicted molar refractivity (Wildman–Crippen MR) is 115 cm³/mol. The SMILES string of the molecule is COc1ccccc1C(Nc1cccc([N+](=O)[O-])c1)c1c(C)[nH]c2ccccc12. The van der Waals surface area contributed by atoms with Crippen molar-refractivity contribution in [3.63, 3.8) is 0 Å². The van der Waals surface area contributed by atoms with Crippen molar-refractivity contribution >= 4 is 22.3 Å². The van der Waals surface area contributed by atoms with Crippen LogP contribution in [-0.2, 0) is 0 Å². The lowest BCUT2D eigenvalue weighted by molar-refractivity contribution is -0.384. The second kappa shape index (κ2) is 7.67. The Kier molecular flexibility index (Phi) is 4.91. The lowest BCUT2D eigenvalue weighted by Crippen LogP contribution is -2.14. The number of hydrogen-bond acceptors (Lipinski definition) is 4. The third-order valence-electron chi connectivity index (χ3n) is 5.05. The van der Waals surface area contributed by atoms with Crippen molar-refractivity contribution in [1.29, 1.82) is 0 Å². The summed E-state index contributed by atoms with van der Waals surface area (Å²) in [6, 6.07) is 22.2. The first kappa shape index (κ1) is 18.6. The summed E-state index contributed by atoms with van der Waals surface area (Å²) in [5.74, 6) is 0.750. The number of para-hydroxylation sites is 2. The van der Waals surface area contributed by atoms with Crippen LogP contribution >= 0.6 is 0 Å². The molecule has 0 amide bonds. The maximum absolute atomic E-state index is 11.2. The van der Waals surface area contributed by atoms with Crippen molar-refractivity contribution in [2.75, 3.05) is 12.4 Å². The second-order valence-corrected chi connectivity index (χ2v) is 6.84. The number of nitro groups is 1. The van der Waals surface area contributed by atoms with Gasteiger partial charge in [0.25, 0.3) is 5.69 Å². The molecule has 0 saturated carbocycles. The van der Waals surface area contributed by atoms with Crippen LogP contribution in [0.5, 0.6) is 5.75 Å². The van der Waals surface area contributed by atoms with Crippen LogP contribution < -0.4 is 10.1 Å². The minimum Gasteiger partial charge on any atom is -0.496 e. The molecular formula is C23H21N3O3. The van der Waals surface area contributed by atoms with Gasteiger partial charge in [-0.15, -0.1) is 0 Å². The normalized spacial score (nSPS) is 11.9. The Balaban J connectivity index is 1.89. The summed E-state index contributed by atoms with van der Waals surface area (Å²) < 4.78 is 5.62. The zero-order valence-corrected chi connectivity index (χ0v) is 16.2. The van der Waals surface area contributed by atoms with E-state index in [0.29, 0.717) is 5.69 Å². The molecule has 2 N–H and O–H groups in total. The van der Waals surface area contributed by atoms with E-state index in [0.717, 1.165) is 33.5 Å². The monoisotopic (exact) mass is 387 g/mol. The van der Waals surface area contributed by atoms with Crippen LogP contribution in [0.15, 0.2) is 72.8 Å². The molecule has 146 valence electrons. The van der Waals surface area contributed by atoms with Gasteiger partial charge in [-0.25, -0.2) is 0 Å². The highest BCUT2D eigenvalue weighted by Crippen LogP contribution is 2.38. The van der Waals surface area contributed by atoms with Crippen LogP contribution in [-0.4, -0.2) is 17.0 Å². The van der Waals surface area contributed by atoms with E-state index in [1.54, 1.807) is 19.2 Å². The highest BCUT2D eigenvalue weighted by Gasteiger charge is 2.24. The smallest absolute Gasteiger partial charge is 0.271 e. The van der Waals surface area contributed by atoms with Crippen molar-refractivity contribution in [1.82, 2.24) is 4.98 Å². The molecule has 4 rings (SSSR count). The zero-order chi connectivity index (χ0) is 20.4. The van der Waals surface area contributed by atoms with Gasteiger partial charge < -0.3 is 15.0 Å². The number of rotatable bonds is 6.